The average Bonchev–Trinajstić information content (AvgIpc) is 2.86. The summed E-state index contributed by atoms with van der Waals surface area (Å²) in [7, 11) is 1.49. The predicted molar refractivity (Wildman–Crippen MR) is 101 cm³/mol. The molecular formula is C17H20Cl2N4O3. The summed E-state index contributed by atoms with van der Waals surface area (Å²) < 4.78 is 6.86. The first-order chi connectivity index (χ1) is 12.2. The van der Waals surface area contributed by atoms with Gasteiger partial charge in [-0.25, -0.2) is 4.79 Å². The Morgan fingerprint density at radius 1 is 1.38 bits per heavy atom. The number of carbonyl (C=O) groups is 1. The van der Waals surface area contributed by atoms with Crippen molar-refractivity contribution < 1.29 is 14.4 Å². The first-order valence-corrected chi connectivity index (χ1v) is 8.58. The molecule has 0 aliphatic rings. The molecule has 0 saturated carbocycles. The monoisotopic (exact) mass is 398 g/mol. The van der Waals surface area contributed by atoms with Gasteiger partial charge in [0.25, 0.3) is 0 Å². The number of amidine groups is 1. The van der Waals surface area contributed by atoms with E-state index in [1.165, 1.54) is 7.11 Å². The molecule has 140 valence electrons. The van der Waals surface area contributed by atoms with Gasteiger partial charge in [0.1, 0.15) is 5.75 Å². The molecule has 1 atom stereocenters. The summed E-state index contributed by atoms with van der Waals surface area (Å²) in [5.41, 5.74) is 7.82. The van der Waals surface area contributed by atoms with Crippen LogP contribution in [0.1, 0.15) is 23.9 Å². The Hall–Kier alpha value is -2.25. The summed E-state index contributed by atoms with van der Waals surface area (Å²) in [5, 5.41) is 9.04. The van der Waals surface area contributed by atoms with Crippen molar-refractivity contribution in [2.45, 2.75) is 27.3 Å². The maximum Gasteiger partial charge on any atom is 0.339 e. The maximum absolute atomic E-state index is 12.2. The van der Waals surface area contributed by atoms with Crippen LogP contribution in [0.25, 0.3) is 0 Å². The van der Waals surface area contributed by atoms with Crippen LogP contribution in [0.3, 0.4) is 0 Å². The van der Waals surface area contributed by atoms with Gasteiger partial charge in [0.15, 0.2) is 5.84 Å². The molecule has 2 N–H and O–H groups in total. The number of hydrogen-bond donors (Lipinski definition) is 1. The number of methoxy groups -OCH3 is 1. The van der Waals surface area contributed by atoms with Crippen LogP contribution in [0.2, 0.25) is 10.0 Å². The lowest BCUT2D eigenvalue weighted by molar-refractivity contribution is -0.148. The minimum absolute atomic E-state index is 0.0148. The smallest absolute Gasteiger partial charge is 0.339 e. The topological polar surface area (TPSA) is 91.7 Å². The first-order valence-electron chi connectivity index (χ1n) is 7.82. The fourth-order valence-electron chi connectivity index (χ4n) is 2.30. The lowest BCUT2D eigenvalue weighted by atomic mass is 10.2. The molecule has 0 aliphatic carbocycles. The Morgan fingerprint density at radius 3 is 2.65 bits per heavy atom. The number of hydrogen-bond acceptors (Lipinski definition) is 5. The van der Waals surface area contributed by atoms with Gasteiger partial charge in [-0.05, 0) is 32.0 Å². The normalized spacial score (nSPS) is 12.8. The zero-order valence-electron chi connectivity index (χ0n) is 14.9. The summed E-state index contributed by atoms with van der Waals surface area (Å²) in [5.74, 6) is -0.587. The summed E-state index contributed by atoms with van der Waals surface area (Å²) in [6.07, 6.45) is 0. The van der Waals surface area contributed by atoms with Crippen molar-refractivity contribution in [1.29, 1.82) is 0 Å². The van der Waals surface area contributed by atoms with Crippen molar-refractivity contribution in [1.82, 2.24) is 9.78 Å². The van der Waals surface area contributed by atoms with Crippen molar-refractivity contribution in [3.05, 3.63) is 45.2 Å². The van der Waals surface area contributed by atoms with Crippen molar-refractivity contribution in [2.24, 2.45) is 16.8 Å². The second-order valence-corrected chi connectivity index (χ2v) is 6.61. The zero-order chi connectivity index (χ0) is 19.4. The molecule has 7 nitrogen and oxygen atoms in total. The third-order valence-electron chi connectivity index (χ3n) is 3.81. The van der Waals surface area contributed by atoms with E-state index in [0.717, 1.165) is 5.69 Å². The fraction of sp³-hybridized carbons (Fsp3) is 0.353. The van der Waals surface area contributed by atoms with Crippen LogP contribution in [0.4, 0.5) is 0 Å². The largest absolute Gasteiger partial charge is 0.496 e. The number of ether oxygens (including phenoxy) is 1. The number of halogens is 2. The Kier molecular flexibility index (Phi) is 6.50. The number of carbonyl (C=O) groups excluding carboxylic acids is 1. The van der Waals surface area contributed by atoms with E-state index in [0.29, 0.717) is 33.6 Å². The lowest BCUT2D eigenvalue weighted by Gasteiger charge is -2.11. The van der Waals surface area contributed by atoms with E-state index >= 15 is 0 Å². The molecule has 0 saturated heterocycles. The van der Waals surface area contributed by atoms with Crippen molar-refractivity contribution in [3.8, 4) is 5.75 Å². The van der Waals surface area contributed by atoms with Gasteiger partial charge in [-0.15, -0.1) is 0 Å². The molecule has 26 heavy (non-hydrogen) atoms. The molecule has 0 radical (unpaired) electrons. The number of nitrogens with two attached hydrogens (primary N) is 1. The molecule has 0 aliphatic heterocycles. The molecule has 0 bridgehead atoms. The van der Waals surface area contributed by atoms with Crippen LogP contribution < -0.4 is 10.5 Å². The molecule has 1 unspecified atom stereocenters. The van der Waals surface area contributed by atoms with Crippen LogP contribution in [-0.4, -0.2) is 28.7 Å². The van der Waals surface area contributed by atoms with Crippen molar-refractivity contribution >= 4 is 35.0 Å². The quantitative estimate of drug-likeness (QED) is 0.348. The molecule has 0 amide bonds. The SMILES string of the molecule is COc1ccc(Cl)cc1/C(N)=N/OC(=O)C(C)Cn1nc(C)c(Cl)c1C. The highest BCUT2D eigenvalue weighted by Crippen LogP contribution is 2.23. The molecule has 2 aromatic rings. The van der Waals surface area contributed by atoms with Crippen LogP contribution in [-0.2, 0) is 16.2 Å². The third kappa shape index (κ3) is 4.47. The molecule has 1 aromatic heterocycles. The molecule has 1 heterocycles. The summed E-state index contributed by atoms with van der Waals surface area (Å²) >= 11 is 12.1. The molecule has 0 fully saturated rings. The van der Waals surface area contributed by atoms with Gasteiger partial charge < -0.3 is 15.3 Å². The van der Waals surface area contributed by atoms with E-state index in [4.69, 9.17) is 38.5 Å². The van der Waals surface area contributed by atoms with Gasteiger partial charge in [-0.2, -0.15) is 5.10 Å². The molecule has 1 aromatic carbocycles. The van der Waals surface area contributed by atoms with E-state index in [9.17, 15) is 4.79 Å². The fourth-order valence-corrected chi connectivity index (χ4v) is 2.61. The number of benzene rings is 1. The molecular weight excluding hydrogens is 379 g/mol. The van der Waals surface area contributed by atoms with Gasteiger partial charge in [0, 0.05) is 5.02 Å². The molecule has 2 rings (SSSR count). The van der Waals surface area contributed by atoms with Gasteiger partial charge >= 0.3 is 5.97 Å². The van der Waals surface area contributed by atoms with Crippen molar-refractivity contribution in [2.75, 3.05) is 7.11 Å². The van der Waals surface area contributed by atoms with E-state index in [1.807, 2.05) is 6.92 Å². The van der Waals surface area contributed by atoms with Crippen LogP contribution in [0.15, 0.2) is 23.4 Å². The number of rotatable bonds is 6. The van der Waals surface area contributed by atoms with Gasteiger partial charge in [-0.3, -0.25) is 4.68 Å². The highest BCUT2D eigenvalue weighted by atomic mass is 35.5. The van der Waals surface area contributed by atoms with E-state index in [1.54, 1.807) is 36.7 Å². The zero-order valence-corrected chi connectivity index (χ0v) is 16.4. The summed E-state index contributed by atoms with van der Waals surface area (Å²) in [6, 6.07) is 4.89. The lowest BCUT2D eigenvalue weighted by Crippen LogP contribution is -2.22. The number of oxime groups is 1. The number of nitrogens with zero attached hydrogens (tertiary/aromatic N) is 3. The van der Waals surface area contributed by atoms with E-state index in [-0.39, 0.29) is 5.84 Å². The second-order valence-electron chi connectivity index (χ2n) is 5.80. The minimum Gasteiger partial charge on any atom is -0.496 e. The van der Waals surface area contributed by atoms with Crippen LogP contribution >= 0.6 is 23.2 Å². The van der Waals surface area contributed by atoms with Crippen molar-refractivity contribution in [3.63, 3.8) is 0 Å². The number of aryl methyl sites for hydroxylation is 1. The average molecular weight is 399 g/mol. The molecule has 0 spiro atoms. The summed E-state index contributed by atoms with van der Waals surface area (Å²) in [6.45, 7) is 5.66. The Morgan fingerprint density at radius 2 is 2.08 bits per heavy atom. The standard InChI is InChI=1S/C17H20Cl2N4O3/c1-9(8-23-11(3)15(19)10(2)21-23)17(24)26-22-16(20)13-7-12(18)5-6-14(13)25-4/h5-7,9H,8H2,1-4H3,(H2,20,22). The van der Waals surface area contributed by atoms with E-state index < -0.39 is 11.9 Å². The van der Waals surface area contributed by atoms with Gasteiger partial charge in [0.2, 0.25) is 0 Å². The Labute approximate surface area is 161 Å². The minimum atomic E-state index is -0.544. The highest BCUT2D eigenvalue weighted by molar-refractivity contribution is 6.31. The molecule has 9 heteroatoms. The predicted octanol–water partition coefficient (Wildman–Crippen LogP) is 3.32. The number of aromatic nitrogens is 2. The van der Waals surface area contributed by atoms with Gasteiger partial charge in [0.05, 0.1) is 41.5 Å². The third-order valence-corrected chi connectivity index (χ3v) is 4.60. The summed E-state index contributed by atoms with van der Waals surface area (Å²) in [4.78, 5) is 17.2. The first kappa shape index (κ1) is 20.1. The van der Waals surface area contributed by atoms with Gasteiger partial charge in [-0.1, -0.05) is 35.3 Å². The highest BCUT2D eigenvalue weighted by Gasteiger charge is 2.19. The Bertz CT molecular complexity index is 849. The van der Waals surface area contributed by atoms with Crippen LogP contribution in [0, 0.1) is 19.8 Å². The van der Waals surface area contributed by atoms with E-state index in [2.05, 4.69) is 10.3 Å². The second kappa shape index (κ2) is 8.42. The maximum atomic E-state index is 12.2. The van der Waals surface area contributed by atoms with Crippen LogP contribution in [0.5, 0.6) is 5.75 Å². The Balaban J connectivity index is 2.08.